The molecule has 1 saturated heterocycles. The summed E-state index contributed by atoms with van der Waals surface area (Å²) in [7, 11) is 0. The van der Waals surface area contributed by atoms with Crippen LogP contribution in [0.4, 0.5) is 0 Å². The first-order chi connectivity index (χ1) is 11.5. The lowest BCUT2D eigenvalue weighted by atomic mass is 9.92. The van der Waals surface area contributed by atoms with Gasteiger partial charge in [0.15, 0.2) is 0 Å². The summed E-state index contributed by atoms with van der Waals surface area (Å²) < 4.78 is 5.22. The molecule has 6 nitrogen and oxygen atoms in total. The molecule has 0 saturated carbocycles. The van der Waals surface area contributed by atoms with E-state index in [0.717, 1.165) is 12.0 Å². The third-order valence-corrected chi connectivity index (χ3v) is 4.62. The highest BCUT2D eigenvalue weighted by Crippen LogP contribution is 2.26. The quantitative estimate of drug-likeness (QED) is 0.924. The van der Waals surface area contributed by atoms with Gasteiger partial charge < -0.3 is 15.2 Å². The molecule has 2 heterocycles. The second kappa shape index (κ2) is 6.65. The lowest BCUT2D eigenvalue weighted by Crippen LogP contribution is -2.48. The monoisotopic (exact) mass is 347 g/mol. The van der Waals surface area contributed by atoms with Gasteiger partial charge in [-0.15, -0.1) is 0 Å². The maximum Gasteiger partial charge on any atom is 0.292 e. The van der Waals surface area contributed by atoms with Gasteiger partial charge in [0.2, 0.25) is 11.7 Å². The lowest BCUT2D eigenvalue weighted by molar-refractivity contribution is -0.123. The van der Waals surface area contributed by atoms with Crippen molar-refractivity contribution in [2.45, 2.75) is 25.8 Å². The number of amides is 2. The molecule has 0 aliphatic carbocycles. The van der Waals surface area contributed by atoms with Crippen LogP contribution >= 0.6 is 11.6 Å². The van der Waals surface area contributed by atoms with Gasteiger partial charge in [-0.1, -0.05) is 28.9 Å². The van der Waals surface area contributed by atoms with E-state index >= 15 is 0 Å². The maximum atomic E-state index is 12.7. The molecule has 0 unspecified atom stereocenters. The van der Waals surface area contributed by atoms with Crippen molar-refractivity contribution in [2.75, 3.05) is 6.54 Å². The number of halogens is 1. The molecule has 126 valence electrons. The molecule has 3 rings (SSSR count). The Labute approximate surface area is 144 Å². The summed E-state index contributed by atoms with van der Waals surface area (Å²) in [5.41, 5.74) is 6.69. The molecule has 0 bridgehead atoms. The number of carbonyl (C=O) groups is 2. The minimum Gasteiger partial charge on any atom is -0.369 e. The number of hydrogen-bond acceptors (Lipinski definition) is 4. The molecule has 2 N–H and O–H groups in total. The summed E-state index contributed by atoms with van der Waals surface area (Å²) in [6, 6.07) is 8.77. The molecule has 1 aliphatic heterocycles. The number of piperidine rings is 1. The fraction of sp³-hybridized carbons (Fsp3) is 0.353. The van der Waals surface area contributed by atoms with Crippen LogP contribution < -0.4 is 5.73 Å². The number of benzene rings is 1. The van der Waals surface area contributed by atoms with E-state index in [1.807, 2.05) is 13.0 Å². The molecule has 0 spiro atoms. The Bertz CT molecular complexity index is 774. The summed E-state index contributed by atoms with van der Waals surface area (Å²) in [6.07, 6.45) is 1.43. The van der Waals surface area contributed by atoms with Gasteiger partial charge >= 0.3 is 0 Å². The second-order valence-electron chi connectivity index (χ2n) is 6.07. The minimum atomic E-state index is -0.378. The maximum absolute atomic E-state index is 12.7. The predicted octanol–water partition coefficient (Wildman–Crippen LogP) is 2.72. The molecule has 24 heavy (non-hydrogen) atoms. The Hall–Kier alpha value is -2.34. The smallest absolute Gasteiger partial charge is 0.292 e. The van der Waals surface area contributed by atoms with Crippen molar-refractivity contribution in [3.05, 3.63) is 41.1 Å². The van der Waals surface area contributed by atoms with Gasteiger partial charge in [0.25, 0.3) is 5.91 Å². The third-order valence-electron chi connectivity index (χ3n) is 4.39. The van der Waals surface area contributed by atoms with Crippen LogP contribution in [-0.4, -0.2) is 34.5 Å². The van der Waals surface area contributed by atoms with Crippen LogP contribution in [0.1, 0.15) is 30.3 Å². The van der Waals surface area contributed by atoms with Crippen LogP contribution in [0.25, 0.3) is 11.3 Å². The van der Waals surface area contributed by atoms with Crippen molar-refractivity contribution < 1.29 is 14.1 Å². The molecule has 2 aromatic rings. The van der Waals surface area contributed by atoms with Gasteiger partial charge in [0, 0.05) is 29.2 Å². The number of carbonyl (C=O) groups excluding carboxylic acids is 2. The van der Waals surface area contributed by atoms with Crippen LogP contribution in [0.2, 0.25) is 5.02 Å². The Morgan fingerprint density at radius 1 is 1.33 bits per heavy atom. The Morgan fingerprint density at radius 3 is 2.83 bits per heavy atom. The third kappa shape index (κ3) is 3.28. The summed E-state index contributed by atoms with van der Waals surface area (Å²) in [4.78, 5) is 25.8. The largest absolute Gasteiger partial charge is 0.369 e. The number of nitrogens with zero attached hydrogens (tertiary/aromatic N) is 2. The number of likely N-dealkylation sites (tertiary alicyclic amines) is 1. The van der Waals surface area contributed by atoms with Crippen molar-refractivity contribution >= 4 is 23.4 Å². The summed E-state index contributed by atoms with van der Waals surface area (Å²) in [6.45, 7) is 2.26. The first-order valence-corrected chi connectivity index (χ1v) is 8.16. The molecular formula is C17H18ClN3O3. The molecular weight excluding hydrogens is 330 g/mol. The number of rotatable bonds is 3. The zero-order valence-corrected chi connectivity index (χ0v) is 14.0. The molecule has 2 atom stereocenters. The minimum absolute atomic E-state index is 0.0211. The zero-order valence-electron chi connectivity index (χ0n) is 13.2. The van der Waals surface area contributed by atoms with E-state index in [4.69, 9.17) is 21.9 Å². The van der Waals surface area contributed by atoms with Crippen molar-refractivity contribution in [1.82, 2.24) is 10.1 Å². The SMILES string of the molecule is C[C@@H]1CC[C@H](C(N)=O)CN1C(=O)c1cc(-c2cccc(Cl)c2)no1. The number of aromatic nitrogens is 1. The van der Waals surface area contributed by atoms with Gasteiger partial charge in [-0.2, -0.15) is 0 Å². The Kier molecular flexibility index (Phi) is 4.57. The van der Waals surface area contributed by atoms with Crippen LogP contribution in [0.5, 0.6) is 0 Å². The first kappa shape index (κ1) is 16.5. The van der Waals surface area contributed by atoms with E-state index in [2.05, 4.69) is 5.16 Å². The Balaban J connectivity index is 1.81. The average molecular weight is 348 g/mol. The van der Waals surface area contributed by atoms with Gasteiger partial charge in [-0.05, 0) is 31.9 Å². The molecule has 0 radical (unpaired) electrons. The van der Waals surface area contributed by atoms with Crippen molar-refractivity contribution in [3.8, 4) is 11.3 Å². The highest BCUT2D eigenvalue weighted by molar-refractivity contribution is 6.30. The summed E-state index contributed by atoms with van der Waals surface area (Å²) in [5.74, 6) is -0.839. The number of primary amides is 1. The van der Waals surface area contributed by atoms with Crippen molar-refractivity contribution in [3.63, 3.8) is 0 Å². The van der Waals surface area contributed by atoms with Crippen LogP contribution in [0.15, 0.2) is 34.9 Å². The van der Waals surface area contributed by atoms with E-state index in [0.29, 0.717) is 23.7 Å². The number of nitrogens with two attached hydrogens (primary N) is 1. The normalized spacial score (nSPS) is 20.8. The van der Waals surface area contributed by atoms with E-state index in [1.54, 1.807) is 29.2 Å². The van der Waals surface area contributed by atoms with Crippen LogP contribution in [0.3, 0.4) is 0 Å². The second-order valence-corrected chi connectivity index (χ2v) is 6.51. The first-order valence-electron chi connectivity index (χ1n) is 7.78. The van der Waals surface area contributed by atoms with E-state index in [-0.39, 0.29) is 29.5 Å². The molecule has 1 aromatic carbocycles. The summed E-state index contributed by atoms with van der Waals surface area (Å²) >= 11 is 5.97. The van der Waals surface area contributed by atoms with Gasteiger partial charge in [-0.25, -0.2) is 0 Å². The van der Waals surface area contributed by atoms with Gasteiger partial charge in [-0.3, -0.25) is 9.59 Å². The summed E-state index contributed by atoms with van der Waals surface area (Å²) in [5, 5.41) is 4.53. The molecule has 2 amide bonds. The fourth-order valence-corrected chi connectivity index (χ4v) is 3.11. The van der Waals surface area contributed by atoms with E-state index in [1.165, 1.54) is 0 Å². The van der Waals surface area contributed by atoms with Crippen molar-refractivity contribution in [2.24, 2.45) is 11.7 Å². The Morgan fingerprint density at radius 2 is 2.12 bits per heavy atom. The predicted molar refractivity (Wildman–Crippen MR) is 89.4 cm³/mol. The average Bonchev–Trinajstić information content (AvgIpc) is 3.04. The molecule has 1 aromatic heterocycles. The van der Waals surface area contributed by atoms with E-state index < -0.39 is 0 Å². The topological polar surface area (TPSA) is 89.4 Å². The van der Waals surface area contributed by atoms with Gasteiger partial charge in [0.05, 0.1) is 5.92 Å². The fourth-order valence-electron chi connectivity index (χ4n) is 2.92. The number of hydrogen-bond donors (Lipinski definition) is 1. The highest BCUT2D eigenvalue weighted by atomic mass is 35.5. The molecule has 7 heteroatoms. The van der Waals surface area contributed by atoms with Crippen LogP contribution in [-0.2, 0) is 4.79 Å². The molecule has 1 aliphatic rings. The van der Waals surface area contributed by atoms with E-state index in [9.17, 15) is 9.59 Å². The van der Waals surface area contributed by atoms with Crippen molar-refractivity contribution in [1.29, 1.82) is 0 Å². The lowest BCUT2D eigenvalue weighted by Gasteiger charge is -2.36. The van der Waals surface area contributed by atoms with Crippen LogP contribution in [0, 0.1) is 5.92 Å². The molecule has 1 fully saturated rings. The van der Waals surface area contributed by atoms with Gasteiger partial charge in [0.1, 0.15) is 5.69 Å². The highest BCUT2D eigenvalue weighted by Gasteiger charge is 2.33. The zero-order chi connectivity index (χ0) is 17.3. The standard InChI is InChI=1S/C17H18ClN3O3/c1-10-5-6-12(16(19)22)9-21(10)17(23)15-8-14(20-24-15)11-3-2-4-13(18)7-11/h2-4,7-8,10,12H,5-6,9H2,1H3,(H2,19,22)/t10-,12+/m1/s1.